The molecule has 0 aliphatic rings. The van der Waals surface area contributed by atoms with E-state index in [1.54, 1.807) is 24.3 Å². The zero-order valence-corrected chi connectivity index (χ0v) is 13.9. The van der Waals surface area contributed by atoms with Crippen LogP contribution in [0.5, 0.6) is 5.75 Å². The minimum Gasteiger partial charge on any atom is -0.406 e. The van der Waals surface area contributed by atoms with Crippen molar-refractivity contribution >= 4 is 22.5 Å². The quantitative estimate of drug-likeness (QED) is 0.740. The van der Waals surface area contributed by atoms with Crippen molar-refractivity contribution in [1.82, 2.24) is 9.55 Å². The molecule has 0 aliphatic heterocycles. The number of carbonyl (C=O) groups is 1. The van der Waals surface area contributed by atoms with Gasteiger partial charge in [-0.15, -0.1) is 13.2 Å². The number of benzene rings is 2. The van der Waals surface area contributed by atoms with Gasteiger partial charge in [-0.2, -0.15) is 0 Å². The maximum atomic E-state index is 12.3. The zero-order chi connectivity index (χ0) is 19.4. The van der Waals surface area contributed by atoms with Crippen LogP contribution in [0.25, 0.3) is 10.9 Å². The van der Waals surface area contributed by atoms with Crippen LogP contribution in [0.1, 0.15) is 6.42 Å². The highest BCUT2D eigenvalue weighted by atomic mass is 19.4. The van der Waals surface area contributed by atoms with E-state index in [0.717, 1.165) is 12.1 Å². The second-order valence-corrected chi connectivity index (χ2v) is 5.63. The summed E-state index contributed by atoms with van der Waals surface area (Å²) in [5.41, 5.74) is 0.449. The third kappa shape index (κ3) is 4.84. The average molecular weight is 377 g/mol. The second-order valence-electron chi connectivity index (χ2n) is 5.63. The number of carbonyl (C=O) groups excluding carboxylic acids is 1. The van der Waals surface area contributed by atoms with Gasteiger partial charge in [0.15, 0.2) is 0 Å². The molecule has 140 valence electrons. The Morgan fingerprint density at radius 3 is 2.70 bits per heavy atom. The lowest BCUT2D eigenvalue weighted by Gasteiger charge is -2.11. The molecule has 6 nitrogen and oxygen atoms in total. The molecule has 1 heterocycles. The molecule has 3 aromatic rings. The molecule has 0 spiro atoms. The molecule has 0 atom stereocenters. The highest BCUT2D eigenvalue weighted by molar-refractivity contribution is 5.90. The number of hydrogen-bond donors (Lipinski definition) is 1. The summed E-state index contributed by atoms with van der Waals surface area (Å²) in [4.78, 5) is 28.6. The first-order chi connectivity index (χ1) is 12.8. The number of nitrogens with zero attached hydrogens (tertiary/aromatic N) is 2. The third-order valence-electron chi connectivity index (χ3n) is 3.66. The Labute approximate surface area is 151 Å². The first-order valence-electron chi connectivity index (χ1n) is 7.92. The van der Waals surface area contributed by atoms with Gasteiger partial charge < -0.3 is 10.1 Å². The van der Waals surface area contributed by atoms with E-state index in [1.165, 1.54) is 23.0 Å². The first-order valence-corrected chi connectivity index (χ1v) is 7.92. The maximum absolute atomic E-state index is 12.3. The van der Waals surface area contributed by atoms with Gasteiger partial charge >= 0.3 is 6.36 Å². The van der Waals surface area contributed by atoms with Gasteiger partial charge in [-0.25, -0.2) is 4.98 Å². The van der Waals surface area contributed by atoms with E-state index in [0.29, 0.717) is 10.9 Å². The summed E-state index contributed by atoms with van der Waals surface area (Å²) in [6.45, 7) is 0.0846. The van der Waals surface area contributed by atoms with Crippen LogP contribution in [0.15, 0.2) is 59.7 Å². The molecule has 0 fully saturated rings. The van der Waals surface area contributed by atoms with E-state index in [2.05, 4.69) is 15.0 Å². The molecule has 9 heteroatoms. The second kappa shape index (κ2) is 7.48. The first kappa shape index (κ1) is 18.4. The lowest BCUT2D eigenvalue weighted by Crippen LogP contribution is -2.23. The lowest BCUT2D eigenvalue weighted by atomic mass is 10.2. The van der Waals surface area contributed by atoms with E-state index in [-0.39, 0.29) is 24.2 Å². The molecule has 2 aromatic carbocycles. The van der Waals surface area contributed by atoms with Crippen LogP contribution >= 0.6 is 0 Å². The fraction of sp³-hybridized carbons (Fsp3) is 0.167. The molecule has 27 heavy (non-hydrogen) atoms. The predicted molar refractivity (Wildman–Crippen MR) is 92.4 cm³/mol. The van der Waals surface area contributed by atoms with E-state index in [1.807, 2.05) is 0 Å². The maximum Gasteiger partial charge on any atom is 0.573 e. The number of alkyl halides is 3. The average Bonchev–Trinajstić information content (AvgIpc) is 2.60. The SMILES string of the molecule is O=C(CCn1cnc2ccccc2c1=O)Nc1cccc(OC(F)(F)F)c1. The molecular formula is C18H14F3N3O3. The van der Waals surface area contributed by atoms with Gasteiger partial charge in [-0.3, -0.25) is 14.2 Å². The molecule has 0 saturated carbocycles. The molecule has 0 unspecified atom stereocenters. The normalized spacial score (nSPS) is 11.4. The summed E-state index contributed by atoms with van der Waals surface area (Å²) in [5, 5.41) is 2.91. The topological polar surface area (TPSA) is 73.2 Å². The predicted octanol–water partition coefficient (Wildman–Crippen LogP) is 3.32. The van der Waals surface area contributed by atoms with Crippen LogP contribution in [-0.4, -0.2) is 21.8 Å². The van der Waals surface area contributed by atoms with Crippen molar-refractivity contribution in [3.8, 4) is 5.75 Å². The van der Waals surface area contributed by atoms with Gasteiger partial charge in [0, 0.05) is 24.7 Å². The highest BCUT2D eigenvalue weighted by Gasteiger charge is 2.31. The number of para-hydroxylation sites is 1. The van der Waals surface area contributed by atoms with Gasteiger partial charge in [0.25, 0.3) is 5.56 Å². The summed E-state index contributed by atoms with van der Waals surface area (Å²) in [6, 6.07) is 11.8. The van der Waals surface area contributed by atoms with Crippen molar-refractivity contribution in [2.45, 2.75) is 19.3 Å². The lowest BCUT2D eigenvalue weighted by molar-refractivity contribution is -0.274. The fourth-order valence-corrected chi connectivity index (χ4v) is 2.48. The van der Waals surface area contributed by atoms with E-state index >= 15 is 0 Å². The smallest absolute Gasteiger partial charge is 0.406 e. The number of halogens is 3. The zero-order valence-electron chi connectivity index (χ0n) is 13.9. The van der Waals surface area contributed by atoms with Crippen LogP contribution in [0, 0.1) is 0 Å². The Kier molecular flexibility index (Phi) is 5.11. The van der Waals surface area contributed by atoms with Crippen molar-refractivity contribution in [3.63, 3.8) is 0 Å². The van der Waals surface area contributed by atoms with Crippen molar-refractivity contribution in [2.24, 2.45) is 0 Å². The molecular weight excluding hydrogens is 363 g/mol. The molecule has 1 aromatic heterocycles. The van der Waals surface area contributed by atoms with Crippen molar-refractivity contribution < 1.29 is 22.7 Å². The van der Waals surface area contributed by atoms with Gasteiger partial charge in [0.2, 0.25) is 5.91 Å². The van der Waals surface area contributed by atoms with Gasteiger partial charge in [-0.05, 0) is 24.3 Å². The summed E-state index contributed by atoms with van der Waals surface area (Å²) < 4.78 is 41.9. The summed E-state index contributed by atoms with van der Waals surface area (Å²) in [6.07, 6.45) is -3.51. The van der Waals surface area contributed by atoms with Crippen LogP contribution < -0.4 is 15.6 Å². The van der Waals surface area contributed by atoms with Crippen LogP contribution in [0.4, 0.5) is 18.9 Å². The number of nitrogens with one attached hydrogen (secondary N) is 1. The molecule has 3 rings (SSSR count). The largest absolute Gasteiger partial charge is 0.573 e. The van der Waals surface area contributed by atoms with Crippen LogP contribution in [-0.2, 0) is 11.3 Å². The van der Waals surface area contributed by atoms with Crippen LogP contribution in [0.3, 0.4) is 0 Å². The van der Waals surface area contributed by atoms with E-state index in [4.69, 9.17) is 0 Å². The summed E-state index contributed by atoms with van der Waals surface area (Å²) >= 11 is 0. The Balaban J connectivity index is 1.64. The minimum atomic E-state index is -4.81. The Hall–Kier alpha value is -3.36. The molecule has 0 radical (unpaired) electrons. The minimum absolute atomic E-state index is 0.0513. The standard InChI is InChI=1S/C18H14F3N3O3/c19-18(20,21)27-13-5-3-4-12(10-13)23-16(25)8-9-24-11-22-15-7-2-1-6-14(15)17(24)26/h1-7,10-11H,8-9H2,(H,23,25). The number of rotatable bonds is 5. The fourth-order valence-electron chi connectivity index (χ4n) is 2.48. The molecule has 1 N–H and O–H groups in total. The van der Waals surface area contributed by atoms with E-state index in [9.17, 15) is 22.8 Å². The van der Waals surface area contributed by atoms with Gasteiger partial charge in [0.05, 0.1) is 17.2 Å². The van der Waals surface area contributed by atoms with Crippen molar-refractivity contribution in [1.29, 1.82) is 0 Å². The van der Waals surface area contributed by atoms with Gasteiger partial charge in [0.1, 0.15) is 5.75 Å². The Morgan fingerprint density at radius 1 is 1.15 bits per heavy atom. The van der Waals surface area contributed by atoms with E-state index < -0.39 is 18.0 Å². The molecule has 0 aliphatic carbocycles. The molecule has 0 saturated heterocycles. The number of ether oxygens (including phenoxy) is 1. The number of fused-ring (bicyclic) bond motifs is 1. The Bertz CT molecular complexity index is 1030. The van der Waals surface area contributed by atoms with Crippen molar-refractivity contribution in [2.75, 3.05) is 5.32 Å². The number of amides is 1. The number of aromatic nitrogens is 2. The summed E-state index contributed by atoms with van der Waals surface area (Å²) in [5.74, 6) is -0.894. The molecule has 0 bridgehead atoms. The van der Waals surface area contributed by atoms with Crippen molar-refractivity contribution in [3.05, 3.63) is 65.2 Å². The summed E-state index contributed by atoms with van der Waals surface area (Å²) in [7, 11) is 0. The number of anilines is 1. The molecule has 1 amide bonds. The Morgan fingerprint density at radius 2 is 1.93 bits per heavy atom. The number of aryl methyl sites for hydroxylation is 1. The monoisotopic (exact) mass is 377 g/mol. The third-order valence-corrected chi connectivity index (χ3v) is 3.66. The van der Waals surface area contributed by atoms with Crippen LogP contribution in [0.2, 0.25) is 0 Å². The van der Waals surface area contributed by atoms with Gasteiger partial charge in [-0.1, -0.05) is 18.2 Å². The highest BCUT2D eigenvalue weighted by Crippen LogP contribution is 2.25. The number of hydrogen-bond acceptors (Lipinski definition) is 4.